The largest absolute Gasteiger partial charge is 0.351 e. The minimum Gasteiger partial charge on any atom is -0.351 e. The van der Waals surface area contributed by atoms with Crippen LogP contribution in [-0.2, 0) is 9.47 Å². The molecule has 0 radical (unpaired) electrons. The highest BCUT2D eigenvalue weighted by Gasteiger charge is 2.32. The Kier molecular flexibility index (Phi) is 5.29. The quantitative estimate of drug-likeness (QED) is 0.393. The molecule has 122 valence electrons. The normalized spacial score (nSPS) is 32.9. The van der Waals surface area contributed by atoms with E-state index in [0.29, 0.717) is 28.6 Å². The van der Waals surface area contributed by atoms with Crippen LogP contribution < -0.4 is 0 Å². The van der Waals surface area contributed by atoms with Gasteiger partial charge in [-0.3, -0.25) is 0 Å². The molecule has 0 atom stereocenters. The van der Waals surface area contributed by atoms with Gasteiger partial charge < -0.3 is 9.47 Å². The molecule has 1 aromatic carbocycles. The average Bonchev–Trinajstić information content (AvgIpc) is 2.53. The van der Waals surface area contributed by atoms with Gasteiger partial charge in [0.1, 0.15) is 0 Å². The topological polar surface area (TPSA) is 18.5 Å². The first-order chi connectivity index (χ1) is 10.5. The third-order valence-corrected chi connectivity index (χ3v) is 5.24. The van der Waals surface area contributed by atoms with E-state index in [-0.39, 0.29) is 12.2 Å². The minimum atomic E-state index is -1.39. The summed E-state index contributed by atoms with van der Waals surface area (Å²) in [5, 5.41) is 0. The standard InChI is InChI=1S/C16H18F3IO2/c17-13-5-11(6-14(18)15(13)19)9-1-3-10(4-2-9)16-21-7-12(20)8-22-16/h5-6,9-10,12,16H,1-4,7-8H2. The van der Waals surface area contributed by atoms with Crippen LogP contribution in [0.2, 0.25) is 0 Å². The molecule has 1 saturated heterocycles. The molecule has 0 spiro atoms. The maximum absolute atomic E-state index is 13.3. The fourth-order valence-electron chi connectivity index (χ4n) is 3.30. The van der Waals surface area contributed by atoms with Crippen LogP contribution in [0.4, 0.5) is 13.2 Å². The maximum atomic E-state index is 13.3. The van der Waals surface area contributed by atoms with Gasteiger partial charge in [0.15, 0.2) is 23.7 Å². The number of hydrogen-bond donors (Lipinski definition) is 0. The molecule has 0 unspecified atom stereocenters. The SMILES string of the molecule is Fc1cc(C2CCC(C3OCC(I)CO3)CC2)cc(F)c1F. The number of benzene rings is 1. The Hall–Kier alpha value is -0.340. The summed E-state index contributed by atoms with van der Waals surface area (Å²) in [6.07, 6.45) is 3.25. The van der Waals surface area contributed by atoms with Crippen LogP contribution in [0.15, 0.2) is 12.1 Å². The van der Waals surface area contributed by atoms with E-state index in [9.17, 15) is 13.2 Å². The number of hydrogen-bond acceptors (Lipinski definition) is 2. The molecule has 1 aliphatic carbocycles. The summed E-state index contributed by atoms with van der Waals surface area (Å²) in [5.74, 6) is -3.21. The van der Waals surface area contributed by atoms with E-state index < -0.39 is 17.5 Å². The van der Waals surface area contributed by atoms with E-state index in [2.05, 4.69) is 22.6 Å². The Morgan fingerprint density at radius 1 is 0.909 bits per heavy atom. The molecular weight excluding hydrogens is 408 g/mol. The second-order valence-electron chi connectivity index (χ2n) is 6.04. The van der Waals surface area contributed by atoms with Gasteiger partial charge in [0, 0.05) is 5.92 Å². The van der Waals surface area contributed by atoms with E-state index >= 15 is 0 Å². The number of halogens is 4. The zero-order chi connectivity index (χ0) is 15.7. The predicted octanol–water partition coefficient (Wildman–Crippen LogP) is 4.55. The summed E-state index contributed by atoms with van der Waals surface area (Å²) in [7, 11) is 0. The number of rotatable bonds is 2. The van der Waals surface area contributed by atoms with E-state index in [1.54, 1.807) is 0 Å². The van der Waals surface area contributed by atoms with Gasteiger partial charge in [-0.1, -0.05) is 22.6 Å². The first-order valence-corrected chi connectivity index (χ1v) is 8.81. The van der Waals surface area contributed by atoms with Gasteiger partial charge in [0.25, 0.3) is 0 Å². The van der Waals surface area contributed by atoms with E-state index in [4.69, 9.17) is 9.47 Å². The highest BCUT2D eigenvalue weighted by molar-refractivity contribution is 14.1. The summed E-state index contributed by atoms with van der Waals surface area (Å²) >= 11 is 2.31. The molecule has 0 bridgehead atoms. The predicted molar refractivity (Wildman–Crippen MR) is 84.5 cm³/mol. The Bertz CT molecular complexity index is 501. The lowest BCUT2D eigenvalue weighted by Gasteiger charge is -2.36. The summed E-state index contributed by atoms with van der Waals surface area (Å²) < 4.78 is 51.6. The van der Waals surface area contributed by atoms with Gasteiger partial charge >= 0.3 is 0 Å². The molecule has 2 aliphatic rings. The summed E-state index contributed by atoms with van der Waals surface area (Å²) in [4.78, 5) is 0. The van der Waals surface area contributed by atoms with E-state index in [1.165, 1.54) is 0 Å². The first kappa shape index (κ1) is 16.5. The average molecular weight is 426 g/mol. The molecule has 6 heteroatoms. The lowest BCUT2D eigenvalue weighted by atomic mass is 9.78. The molecule has 0 aromatic heterocycles. The van der Waals surface area contributed by atoms with Crippen LogP contribution in [-0.4, -0.2) is 23.4 Å². The molecule has 1 heterocycles. The van der Waals surface area contributed by atoms with Crippen molar-refractivity contribution in [3.8, 4) is 0 Å². The van der Waals surface area contributed by atoms with Crippen molar-refractivity contribution >= 4 is 22.6 Å². The van der Waals surface area contributed by atoms with Crippen LogP contribution in [0.3, 0.4) is 0 Å². The van der Waals surface area contributed by atoms with Gasteiger partial charge in [0.2, 0.25) is 0 Å². The Morgan fingerprint density at radius 2 is 1.45 bits per heavy atom. The first-order valence-electron chi connectivity index (χ1n) is 7.56. The van der Waals surface area contributed by atoms with Gasteiger partial charge in [-0.15, -0.1) is 0 Å². The molecular formula is C16H18F3IO2. The summed E-state index contributed by atoms with van der Waals surface area (Å²) in [6, 6.07) is 2.25. The smallest absolute Gasteiger partial charge is 0.194 e. The van der Waals surface area contributed by atoms with Crippen LogP contribution in [0.5, 0.6) is 0 Å². The van der Waals surface area contributed by atoms with Crippen LogP contribution >= 0.6 is 22.6 Å². The number of ether oxygens (including phenoxy) is 2. The van der Waals surface area contributed by atoms with Gasteiger partial charge in [0.05, 0.1) is 17.1 Å². The van der Waals surface area contributed by atoms with Gasteiger partial charge in [-0.05, 0) is 49.3 Å². The van der Waals surface area contributed by atoms with Gasteiger partial charge in [-0.25, -0.2) is 13.2 Å². The van der Waals surface area contributed by atoms with Crippen molar-refractivity contribution in [1.82, 2.24) is 0 Å². The zero-order valence-electron chi connectivity index (χ0n) is 12.0. The van der Waals surface area contributed by atoms with Crippen molar-refractivity contribution in [3.63, 3.8) is 0 Å². The Balaban J connectivity index is 1.60. The van der Waals surface area contributed by atoms with Crippen molar-refractivity contribution in [2.45, 2.75) is 41.8 Å². The van der Waals surface area contributed by atoms with Crippen molar-refractivity contribution in [1.29, 1.82) is 0 Å². The third-order valence-electron chi connectivity index (χ3n) is 4.52. The summed E-state index contributed by atoms with van der Waals surface area (Å²) in [5.41, 5.74) is 0.549. The minimum absolute atomic E-state index is 0.0711. The lowest BCUT2D eigenvalue weighted by molar-refractivity contribution is -0.205. The fourth-order valence-corrected chi connectivity index (χ4v) is 3.72. The molecule has 0 N–H and O–H groups in total. The highest BCUT2D eigenvalue weighted by atomic mass is 127. The van der Waals surface area contributed by atoms with Crippen LogP contribution in [0.25, 0.3) is 0 Å². The van der Waals surface area contributed by atoms with E-state index in [1.807, 2.05) is 0 Å². The Morgan fingerprint density at radius 3 is 2.00 bits per heavy atom. The van der Waals surface area contributed by atoms with Crippen molar-refractivity contribution in [3.05, 3.63) is 35.1 Å². The highest BCUT2D eigenvalue weighted by Crippen LogP contribution is 2.39. The number of alkyl halides is 1. The van der Waals surface area contributed by atoms with Crippen molar-refractivity contribution < 1.29 is 22.6 Å². The van der Waals surface area contributed by atoms with Gasteiger partial charge in [-0.2, -0.15) is 0 Å². The molecule has 2 nitrogen and oxygen atoms in total. The molecule has 1 aliphatic heterocycles. The second kappa shape index (κ2) is 7.05. The molecule has 22 heavy (non-hydrogen) atoms. The summed E-state index contributed by atoms with van der Waals surface area (Å²) in [6.45, 7) is 1.42. The fraction of sp³-hybridized carbons (Fsp3) is 0.625. The molecule has 1 saturated carbocycles. The van der Waals surface area contributed by atoms with Crippen molar-refractivity contribution in [2.75, 3.05) is 13.2 Å². The Labute approximate surface area is 141 Å². The van der Waals surface area contributed by atoms with E-state index in [0.717, 1.165) is 37.8 Å². The lowest BCUT2D eigenvalue weighted by Crippen LogP contribution is -2.38. The van der Waals surface area contributed by atoms with Crippen LogP contribution in [0.1, 0.15) is 37.2 Å². The second-order valence-corrected chi connectivity index (χ2v) is 7.80. The molecule has 1 aromatic rings. The third kappa shape index (κ3) is 3.59. The molecule has 0 amide bonds. The maximum Gasteiger partial charge on any atom is 0.194 e. The monoisotopic (exact) mass is 426 g/mol. The molecule has 2 fully saturated rings. The molecule has 3 rings (SSSR count). The zero-order valence-corrected chi connectivity index (χ0v) is 14.2. The van der Waals surface area contributed by atoms with Crippen LogP contribution in [0, 0.1) is 23.4 Å². The van der Waals surface area contributed by atoms with Crippen molar-refractivity contribution in [2.24, 2.45) is 5.92 Å².